The maximum Gasteiger partial charge on any atom is 0.325 e. The van der Waals surface area contributed by atoms with Gasteiger partial charge in [-0.2, -0.15) is 0 Å². The summed E-state index contributed by atoms with van der Waals surface area (Å²) in [5, 5.41) is 2.37. The molecule has 0 spiro atoms. The van der Waals surface area contributed by atoms with E-state index in [1.54, 1.807) is 6.92 Å². The Balaban J connectivity index is 1.62. The molecule has 9 nitrogen and oxygen atoms in total. The zero-order valence-electron chi connectivity index (χ0n) is 15.8. The van der Waals surface area contributed by atoms with Crippen molar-refractivity contribution < 1.29 is 14.4 Å². The lowest BCUT2D eigenvalue weighted by molar-refractivity contribution is 0.0595. The van der Waals surface area contributed by atoms with Gasteiger partial charge in [0.1, 0.15) is 5.69 Å². The number of hydrogen-bond acceptors (Lipinski definition) is 5. The van der Waals surface area contributed by atoms with Crippen LogP contribution in [0.4, 0.5) is 5.69 Å². The summed E-state index contributed by atoms with van der Waals surface area (Å²) in [6.07, 6.45) is 1.07. The Morgan fingerprint density at radius 1 is 0.967 bits per heavy atom. The molecule has 3 aromatic rings. The first kappa shape index (κ1) is 19.1. The van der Waals surface area contributed by atoms with Crippen LogP contribution in [0.25, 0.3) is 0 Å². The van der Waals surface area contributed by atoms with Crippen molar-refractivity contribution in [3.63, 3.8) is 0 Å². The van der Waals surface area contributed by atoms with Gasteiger partial charge in [0.15, 0.2) is 0 Å². The van der Waals surface area contributed by atoms with E-state index in [1.165, 1.54) is 18.2 Å². The number of nitrogens with zero attached hydrogens (tertiary/aromatic N) is 1. The predicted octanol–water partition coefficient (Wildman–Crippen LogP) is 1.67. The van der Waals surface area contributed by atoms with Crippen molar-refractivity contribution in [1.82, 2.24) is 14.9 Å². The molecule has 30 heavy (non-hydrogen) atoms. The van der Waals surface area contributed by atoms with Gasteiger partial charge >= 0.3 is 5.69 Å². The number of nitrogens with one attached hydrogen (secondary N) is 3. The average molecular weight is 404 g/mol. The molecule has 1 aliphatic heterocycles. The minimum absolute atomic E-state index is 0.0923. The van der Waals surface area contributed by atoms with E-state index in [4.69, 9.17) is 0 Å². The summed E-state index contributed by atoms with van der Waals surface area (Å²) in [7, 11) is 0. The standard InChI is InChI=1S/C21H16N4O5/c1-11(12-5-3-2-4-6-12)25-19(28)14-8-7-13(9-15(14)20(25)29)17(26)23-16-10-22-21(30)24-18(16)27/h2-11H,1H3,(H,23,26)(H2,22,24,27,30). The molecular weight excluding hydrogens is 388 g/mol. The number of carbonyl (C=O) groups excluding carboxylic acids is 3. The summed E-state index contributed by atoms with van der Waals surface area (Å²) in [4.78, 5) is 66.5. The number of H-pyrrole nitrogens is 2. The number of aromatic amines is 2. The molecule has 0 fully saturated rings. The monoisotopic (exact) mass is 404 g/mol. The summed E-state index contributed by atoms with van der Waals surface area (Å²) in [5.41, 5.74) is -0.388. The molecule has 0 saturated heterocycles. The van der Waals surface area contributed by atoms with Crippen molar-refractivity contribution in [3.05, 3.63) is 97.8 Å². The first-order valence-electron chi connectivity index (χ1n) is 9.07. The third kappa shape index (κ3) is 3.22. The van der Waals surface area contributed by atoms with E-state index in [2.05, 4.69) is 10.3 Å². The van der Waals surface area contributed by atoms with E-state index in [9.17, 15) is 24.0 Å². The number of benzene rings is 2. The summed E-state index contributed by atoms with van der Waals surface area (Å²) < 4.78 is 0. The van der Waals surface area contributed by atoms with E-state index in [1.807, 2.05) is 35.3 Å². The summed E-state index contributed by atoms with van der Waals surface area (Å²) in [5.74, 6) is -1.59. The number of anilines is 1. The van der Waals surface area contributed by atoms with Crippen LogP contribution in [-0.2, 0) is 0 Å². The molecule has 2 heterocycles. The molecule has 0 radical (unpaired) electrons. The Morgan fingerprint density at radius 3 is 2.37 bits per heavy atom. The maximum absolute atomic E-state index is 12.9. The van der Waals surface area contributed by atoms with Gasteiger partial charge < -0.3 is 10.3 Å². The molecule has 2 aromatic carbocycles. The SMILES string of the molecule is CC(c1ccccc1)N1C(=O)c2ccc(C(=O)Nc3c[nH]c(=O)[nH]c3=O)cc2C1=O. The van der Waals surface area contributed by atoms with Crippen molar-refractivity contribution in [2.24, 2.45) is 0 Å². The van der Waals surface area contributed by atoms with Crippen LogP contribution in [-0.4, -0.2) is 32.6 Å². The Labute approximate surface area is 169 Å². The number of aromatic nitrogens is 2. The van der Waals surface area contributed by atoms with Gasteiger partial charge in [-0.3, -0.25) is 29.1 Å². The third-order valence-corrected chi connectivity index (χ3v) is 4.92. The van der Waals surface area contributed by atoms with Crippen molar-refractivity contribution in [2.45, 2.75) is 13.0 Å². The van der Waals surface area contributed by atoms with Gasteiger partial charge in [0.2, 0.25) is 0 Å². The van der Waals surface area contributed by atoms with Gasteiger partial charge in [-0.25, -0.2) is 4.79 Å². The van der Waals surface area contributed by atoms with Gasteiger partial charge in [0.05, 0.1) is 17.2 Å². The highest BCUT2D eigenvalue weighted by Crippen LogP contribution is 2.31. The lowest BCUT2D eigenvalue weighted by atomic mass is 10.1. The van der Waals surface area contributed by atoms with E-state index in [0.717, 1.165) is 16.7 Å². The van der Waals surface area contributed by atoms with Crippen LogP contribution in [0.3, 0.4) is 0 Å². The summed E-state index contributed by atoms with van der Waals surface area (Å²) in [6.45, 7) is 1.76. The Morgan fingerprint density at radius 2 is 1.67 bits per heavy atom. The molecule has 3 amide bonds. The number of hydrogen-bond donors (Lipinski definition) is 3. The summed E-state index contributed by atoms with van der Waals surface area (Å²) >= 11 is 0. The predicted molar refractivity (Wildman–Crippen MR) is 107 cm³/mol. The molecule has 1 aromatic heterocycles. The van der Waals surface area contributed by atoms with Crippen molar-refractivity contribution in [2.75, 3.05) is 5.32 Å². The first-order valence-corrected chi connectivity index (χ1v) is 9.07. The lowest BCUT2D eigenvalue weighted by Crippen LogP contribution is -2.32. The highest BCUT2D eigenvalue weighted by molar-refractivity contribution is 6.22. The molecule has 1 unspecified atom stereocenters. The fraction of sp³-hybridized carbons (Fsp3) is 0.0952. The fourth-order valence-electron chi connectivity index (χ4n) is 3.33. The van der Waals surface area contributed by atoms with Crippen LogP contribution in [0.5, 0.6) is 0 Å². The molecule has 1 atom stereocenters. The zero-order valence-corrected chi connectivity index (χ0v) is 15.8. The highest BCUT2D eigenvalue weighted by Gasteiger charge is 2.39. The number of fused-ring (bicyclic) bond motifs is 1. The van der Waals surface area contributed by atoms with Crippen LogP contribution in [0.1, 0.15) is 49.6 Å². The average Bonchev–Trinajstić information content (AvgIpc) is 3.00. The first-order chi connectivity index (χ1) is 14.4. The molecule has 0 bridgehead atoms. The van der Waals surface area contributed by atoms with Gasteiger partial charge in [0.25, 0.3) is 23.3 Å². The fourth-order valence-corrected chi connectivity index (χ4v) is 3.33. The zero-order chi connectivity index (χ0) is 21.4. The van der Waals surface area contributed by atoms with E-state index < -0.39 is 35.0 Å². The Hall–Kier alpha value is -4.27. The minimum atomic E-state index is -0.762. The molecule has 0 saturated carbocycles. The van der Waals surface area contributed by atoms with E-state index in [0.29, 0.717) is 0 Å². The van der Waals surface area contributed by atoms with Crippen molar-refractivity contribution in [1.29, 1.82) is 0 Å². The number of carbonyl (C=O) groups is 3. The maximum atomic E-state index is 12.9. The Bertz CT molecular complexity index is 1290. The van der Waals surface area contributed by atoms with Gasteiger partial charge in [-0.05, 0) is 30.7 Å². The highest BCUT2D eigenvalue weighted by atomic mass is 16.2. The molecule has 150 valence electrons. The van der Waals surface area contributed by atoms with E-state index >= 15 is 0 Å². The van der Waals surface area contributed by atoms with Gasteiger partial charge in [-0.1, -0.05) is 30.3 Å². The van der Waals surface area contributed by atoms with Gasteiger partial charge in [-0.15, -0.1) is 0 Å². The van der Waals surface area contributed by atoms with Crippen LogP contribution in [0, 0.1) is 0 Å². The van der Waals surface area contributed by atoms with Crippen LogP contribution in [0.2, 0.25) is 0 Å². The molecule has 3 N–H and O–H groups in total. The Kier molecular flexibility index (Phi) is 4.63. The lowest BCUT2D eigenvalue weighted by Gasteiger charge is -2.22. The number of amides is 3. The second kappa shape index (κ2) is 7.28. The molecule has 9 heteroatoms. The van der Waals surface area contributed by atoms with Gasteiger partial charge in [0, 0.05) is 11.8 Å². The normalized spacial score (nSPS) is 13.8. The second-order valence-corrected chi connectivity index (χ2v) is 6.77. The topological polar surface area (TPSA) is 132 Å². The van der Waals surface area contributed by atoms with Crippen LogP contribution >= 0.6 is 0 Å². The molecule has 4 rings (SSSR count). The quantitative estimate of drug-likeness (QED) is 0.569. The van der Waals surface area contributed by atoms with Crippen molar-refractivity contribution >= 4 is 23.4 Å². The van der Waals surface area contributed by atoms with Crippen LogP contribution < -0.4 is 16.6 Å². The van der Waals surface area contributed by atoms with Crippen molar-refractivity contribution in [3.8, 4) is 0 Å². The van der Waals surface area contributed by atoms with E-state index in [-0.39, 0.29) is 22.4 Å². The molecule has 1 aliphatic rings. The number of imide groups is 1. The minimum Gasteiger partial charge on any atom is -0.316 e. The largest absolute Gasteiger partial charge is 0.325 e. The molecular formula is C21H16N4O5. The molecule has 0 aliphatic carbocycles. The summed E-state index contributed by atoms with van der Waals surface area (Å²) in [6, 6.07) is 12.8. The smallest absolute Gasteiger partial charge is 0.316 e. The third-order valence-electron chi connectivity index (χ3n) is 4.92. The number of rotatable bonds is 4. The second-order valence-electron chi connectivity index (χ2n) is 6.77. The van der Waals surface area contributed by atoms with Crippen LogP contribution in [0.15, 0.2) is 64.3 Å².